The fourth-order valence-corrected chi connectivity index (χ4v) is 2.89. The fourth-order valence-electron chi connectivity index (χ4n) is 2.89. The molecule has 1 heterocycles. The number of nitrogens with zero attached hydrogens (tertiary/aromatic N) is 3. The lowest BCUT2D eigenvalue weighted by atomic mass is 10.1. The molecule has 3 nitrogen and oxygen atoms in total. The highest BCUT2D eigenvalue weighted by atomic mass is 19.1. The van der Waals surface area contributed by atoms with E-state index in [9.17, 15) is 4.39 Å². The topological polar surface area (TPSA) is 30.3 Å². The standard InChI is InChI=1S/C15H20FN3/c1-11-8-19(10-15(11)18(2)3)9-13-6-14(16)5-4-12(13)7-17/h4-6,11,15H,8-10H2,1-3H3. The van der Waals surface area contributed by atoms with Gasteiger partial charge >= 0.3 is 0 Å². The third-order valence-electron chi connectivity index (χ3n) is 3.89. The molecule has 2 atom stereocenters. The molecule has 2 rings (SSSR count). The van der Waals surface area contributed by atoms with Crippen LogP contribution in [0.15, 0.2) is 18.2 Å². The van der Waals surface area contributed by atoms with Crippen molar-refractivity contribution in [2.24, 2.45) is 5.92 Å². The zero-order valence-corrected chi connectivity index (χ0v) is 11.7. The van der Waals surface area contributed by atoms with Crippen LogP contribution in [0.3, 0.4) is 0 Å². The third kappa shape index (κ3) is 3.12. The van der Waals surface area contributed by atoms with Crippen LogP contribution in [0.4, 0.5) is 4.39 Å². The predicted octanol–water partition coefficient (Wildman–Crippen LogP) is 2.08. The van der Waals surface area contributed by atoms with Gasteiger partial charge in [0.25, 0.3) is 0 Å². The minimum Gasteiger partial charge on any atom is -0.305 e. The lowest BCUT2D eigenvalue weighted by molar-refractivity contribution is 0.250. The van der Waals surface area contributed by atoms with Crippen molar-refractivity contribution in [2.75, 3.05) is 27.2 Å². The van der Waals surface area contributed by atoms with Gasteiger partial charge in [0.15, 0.2) is 0 Å². The minimum atomic E-state index is -0.273. The van der Waals surface area contributed by atoms with Crippen LogP contribution in [0.2, 0.25) is 0 Å². The number of likely N-dealkylation sites (N-methyl/N-ethyl adjacent to an activating group) is 1. The smallest absolute Gasteiger partial charge is 0.123 e. The van der Waals surface area contributed by atoms with Crippen LogP contribution in [-0.2, 0) is 6.54 Å². The molecule has 0 N–H and O–H groups in total. The second-order valence-corrected chi connectivity index (χ2v) is 5.62. The van der Waals surface area contributed by atoms with E-state index in [2.05, 4.69) is 36.9 Å². The van der Waals surface area contributed by atoms with Crippen molar-refractivity contribution in [3.05, 3.63) is 35.1 Å². The summed E-state index contributed by atoms with van der Waals surface area (Å²) >= 11 is 0. The molecule has 0 bridgehead atoms. The molecule has 1 saturated heterocycles. The number of benzene rings is 1. The molecule has 1 aliphatic heterocycles. The maximum absolute atomic E-state index is 13.3. The molecule has 2 unspecified atom stereocenters. The van der Waals surface area contributed by atoms with Gasteiger partial charge < -0.3 is 4.90 Å². The number of rotatable bonds is 3. The Morgan fingerprint density at radius 1 is 1.42 bits per heavy atom. The van der Waals surface area contributed by atoms with Crippen molar-refractivity contribution in [1.82, 2.24) is 9.80 Å². The zero-order valence-electron chi connectivity index (χ0n) is 11.7. The van der Waals surface area contributed by atoms with Gasteiger partial charge in [0, 0.05) is 25.7 Å². The molecule has 0 spiro atoms. The maximum Gasteiger partial charge on any atom is 0.123 e. The Bertz CT molecular complexity index is 493. The summed E-state index contributed by atoms with van der Waals surface area (Å²) < 4.78 is 13.3. The van der Waals surface area contributed by atoms with E-state index in [1.165, 1.54) is 12.1 Å². The van der Waals surface area contributed by atoms with Gasteiger partial charge in [0.05, 0.1) is 11.6 Å². The van der Waals surface area contributed by atoms with E-state index in [1.54, 1.807) is 6.07 Å². The first-order valence-electron chi connectivity index (χ1n) is 6.58. The fraction of sp³-hybridized carbons (Fsp3) is 0.533. The Labute approximate surface area is 114 Å². The summed E-state index contributed by atoms with van der Waals surface area (Å²) in [5.74, 6) is 0.319. The molecule has 0 radical (unpaired) electrons. The first-order valence-corrected chi connectivity index (χ1v) is 6.58. The minimum absolute atomic E-state index is 0.273. The van der Waals surface area contributed by atoms with Crippen molar-refractivity contribution in [2.45, 2.75) is 19.5 Å². The van der Waals surface area contributed by atoms with E-state index in [0.717, 1.165) is 18.7 Å². The van der Waals surface area contributed by atoms with Crippen molar-refractivity contribution in [3.8, 4) is 6.07 Å². The number of likely N-dealkylation sites (tertiary alicyclic amines) is 1. The van der Waals surface area contributed by atoms with Crippen LogP contribution in [0.5, 0.6) is 0 Å². The van der Waals surface area contributed by atoms with Crippen LogP contribution >= 0.6 is 0 Å². The zero-order chi connectivity index (χ0) is 14.0. The SMILES string of the molecule is CC1CN(Cc2cc(F)ccc2C#N)CC1N(C)C. The average Bonchev–Trinajstić information content (AvgIpc) is 2.71. The highest BCUT2D eigenvalue weighted by molar-refractivity contribution is 5.37. The van der Waals surface area contributed by atoms with Crippen molar-refractivity contribution < 1.29 is 4.39 Å². The van der Waals surface area contributed by atoms with Gasteiger partial charge in [-0.1, -0.05) is 6.92 Å². The molecular formula is C15H20FN3. The highest BCUT2D eigenvalue weighted by Crippen LogP contribution is 2.23. The Balaban J connectivity index is 2.11. The largest absolute Gasteiger partial charge is 0.305 e. The Kier molecular flexibility index (Phi) is 4.18. The van der Waals surface area contributed by atoms with Crippen molar-refractivity contribution >= 4 is 0 Å². The van der Waals surface area contributed by atoms with Gasteiger partial charge in [-0.3, -0.25) is 4.90 Å². The van der Waals surface area contributed by atoms with E-state index in [-0.39, 0.29) is 5.82 Å². The summed E-state index contributed by atoms with van der Waals surface area (Å²) in [6.07, 6.45) is 0. The van der Waals surface area contributed by atoms with E-state index in [0.29, 0.717) is 24.1 Å². The quantitative estimate of drug-likeness (QED) is 0.834. The Morgan fingerprint density at radius 3 is 2.74 bits per heavy atom. The molecule has 1 aromatic rings. The number of hydrogen-bond acceptors (Lipinski definition) is 3. The maximum atomic E-state index is 13.3. The van der Waals surface area contributed by atoms with Crippen LogP contribution in [-0.4, -0.2) is 43.0 Å². The van der Waals surface area contributed by atoms with Gasteiger partial charge in [-0.2, -0.15) is 5.26 Å². The molecule has 1 fully saturated rings. The summed E-state index contributed by atoms with van der Waals surface area (Å²) in [7, 11) is 4.18. The highest BCUT2D eigenvalue weighted by Gasteiger charge is 2.31. The summed E-state index contributed by atoms with van der Waals surface area (Å²) in [5, 5.41) is 9.08. The van der Waals surface area contributed by atoms with E-state index in [4.69, 9.17) is 5.26 Å². The van der Waals surface area contributed by atoms with E-state index in [1.807, 2.05) is 0 Å². The molecule has 0 amide bonds. The molecule has 19 heavy (non-hydrogen) atoms. The lowest BCUT2D eigenvalue weighted by Crippen LogP contribution is -2.34. The lowest BCUT2D eigenvalue weighted by Gasteiger charge is -2.22. The first-order chi connectivity index (χ1) is 9.01. The summed E-state index contributed by atoms with van der Waals surface area (Å²) in [6.45, 7) is 4.84. The van der Waals surface area contributed by atoms with Crippen LogP contribution in [0.25, 0.3) is 0 Å². The monoisotopic (exact) mass is 261 g/mol. The molecule has 0 aromatic heterocycles. The molecule has 0 saturated carbocycles. The molecule has 0 aliphatic carbocycles. The summed E-state index contributed by atoms with van der Waals surface area (Å²) in [4.78, 5) is 4.53. The second-order valence-electron chi connectivity index (χ2n) is 5.62. The summed E-state index contributed by atoms with van der Waals surface area (Å²) in [5.41, 5.74) is 1.36. The predicted molar refractivity (Wildman–Crippen MR) is 73.0 cm³/mol. The first kappa shape index (κ1) is 14.0. The van der Waals surface area contributed by atoms with Gasteiger partial charge in [-0.25, -0.2) is 4.39 Å². The number of halogens is 1. The summed E-state index contributed by atoms with van der Waals surface area (Å²) in [6, 6.07) is 7.05. The van der Waals surface area contributed by atoms with Gasteiger partial charge in [0.1, 0.15) is 5.82 Å². The Hall–Kier alpha value is -1.44. The molecule has 1 aliphatic rings. The molecular weight excluding hydrogens is 241 g/mol. The van der Waals surface area contributed by atoms with E-state index >= 15 is 0 Å². The van der Waals surface area contributed by atoms with Gasteiger partial charge in [-0.15, -0.1) is 0 Å². The Morgan fingerprint density at radius 2 is 2.16 bits per heavy atom. The second kappa shape index (κ2) is 5.68. The number of hydrogen-bond donors (Lipinski definition) is 0. The average molecular weight is 261 g/mol. The van der Waals surface area contributed by atoms with Crippen LogP contribution in [0, 0.1) is 23.1 Å². The molecule has 1 aromatic carbocycles. The van der Waals surface area contributed by atoms with Crippen molar-refractivity contribution in [3.63, 3.8) is 0 Å². The van der Waals surface area contributed by atoms with E-state index < -0.39 is 0 Å². The van der Waals surface area contributed by atoms with Crippen LogP contribution in [0.1, 0.15) is 18.1 Å². The van der Waals surface area contributed by atoms with Gasteiger partial charge in [-0.05, 0) is 43.8 Å². The normalized spacial score (nSPS) is 23.8. The van der Waals surface area contributed by atoms with Crippen molar-refractivity contribution in [1.29, 1.82) is 5.26 Å². The third-order valence-corrected chi connectivity index (χ3v) is 3.89. The molecule has 102 valence electrons. The molecule has 4 heteroatoms. The number of nitriles is 1. The van der Waals surface area contributed by atoms with Crippen LogP contribution < -0.4 is 0 Å². The van der Waals surface area contributed by atoms with Gasteiger partial charge in [0.2, 0.25) is 0 Å².